The van der Waals surface area contributed by atoms with Gasteiger partial charge in [-0.05, 0) is 61.3 Å². The van der Waals surface area contributed by atoms with Crippen molar-refractivity contribution >= 4 is 27.5 Å². The zero-order valence-electron chi connectivity index (χ0n) is 13.6. The van der Waals surface area contributed by atoms with Crippen LogP contribution in [0.2, 0.25) is 5.02 Å². The minimum Gasteiger partial charge on any atom is -0.0840 e. The first-order valence-electron chi connectivity index (χ1n) is 8.43. The van der Waals surface area contributed by atoms with Gasteiger partial charge in [-0.2, -0.15) is 0 Å². The van der Waals surface area contributed by atoms with Gasteiger partial charge in [-0.1, -0.05) is 72.6 Å². The molecule has 0 N–H and O–H groups in total. The second-order valence-electron chi connectivity index (χ2n) is 6.78. The SMILES string of the molecule is CCCCC1CCC(C(Br)c2cc(C)c(C)cc2Cl)CC1. The van der Waals surface area contributed by atoms with Crippen molar-refractivity contribution in [2.24, 2.45) is 11.8 Å². The maximum Gasteiger partial charge on any atom is 0.0452 e. The van der Waals surface area contributed by atoms with E-state index in [0.29, 0.717) is 4.83 Å². The van der Waals surface area contributed by atoms with Gasteiger partial charge in [-0.25, -0.2) is 0 Å². The minimum absolute atomic E-state index is 0.413. The summed E-state index contributed by atoms with van der Waals surface area (Å²) in [5, 5.41) is 0.924. The molecular formula is C19H28BrCl. The van der Waals surface area contributed by atoms with Gasteiger partial charge >= 0.3 is 0 Å². The van der Waals surface area contributed by atoms with Crippen molar-refractivity contribution in [3.63, 3.8) is 0 Å². The Hall–Kier alpha value is -0.0100. The second-order valence-corrected chi connectivity index (χ2v) is 8.18. The Labute approximate surface area is 143 Å². The van der Waals surface area contributed by atoms with Crippen LogP contribution >= 0.6 is 27.5 Å². The molecule has 1 atom stereocenters. The molecule has 0 aliphatic heterocycles. The highest BCUT2D eigenvalue weighted by molar-refractivity contribution is 9.09. The Bertz CT molecular complexity index is 461. The van der Waals surface area contributed by atoms with Crippen molar-refractivity contribution < 1.29 is 0 Å². The lowest BCUT2D eigenvalue weighted by Gasteiger charge is -2.32. The van der Waals surface area contributed by atoms with Gasteiger partial charge in [0.1, 0.15) is 0 Å². The van der Waals surface area contributed by atoms with Gasteiger partial charge in [0.25, 0.3) is 0 Å². The van der Waals surface area contributed by atoms with E-state index in [0.717, 1.165) is 16.9 Å². The van der Waals surface area contributed by atoms with E-state index >= 15 is 0 Å². The molecule has 1 fully saturated rings. The second kappa shape index (κ2) is 8.02. The lowest BCUT2D eigenvalue weighted by atomic mass is 9.77. The van der Waals surface area contributed by atoms with Crippen LogP contribution in [0.15, 0.2) is 12.1 Å². The van der Waals surface area contributed by atoms with E-state index in [9.17, 15) is 0 Å². The zero-order valence-corrected chi connectivity index (χ0v) is 15.9. The van der Waals surface area contributed by atoms with Crippen LogP contribution < -0.4 is 0 Å². The zero-order chi connectivity index (χ0) is 15.4. The lowest BCUT2D eigenvalue weighted by Crippen LogP contribution is -2.18. The lowest BCUT2D eigenvalue weighted by molar-refractivity contribution is 0.257. The molecule has 2 rings (SSSR count). The summed E-state index contributed by atoms with van der Waals surface area (Å²) >= 11 is 10.4. The summed E-state index contributed by atoms with van der Waals surface area (Å²) < 4.78 is 0. The molecule has 1 aliphatic carbocycles. The first-order chi connectivity index (χ1) is 10.0. The molecule has 1 saturated carbocycles. The highest BCUT2D eigenvalue weighted by atomic mass is 79.9. The molecule has 0 nitrogen and oxygen atoms in total. The quantitative estimate of drug-likeness (QED) is 0.473. The molecule has 0 bridgehead atoms. The molecule has 0 saturated heterocycles. The molecule has 1 unspecified atom stereocenters. The summed E-state index contributed by atoms with van der Waals surface area (Å²) in [6.07, 6.45) is 9.64. The van der Waals surface area contributed by atoms with E-state index in [1.54, 1.807) is 0 Å². The van der Waals surface area contributed by atoms with Gasteiger partial charge in [0, 0.05) is 9.85 Å². The molecular weight excluding hydrogens is 344 g/mol. The van der Waals surface area contributed by atoms with Crippen LogP contribution in [0.3, 0.4) is 0 Å². The summed E-state index contributed by atoms with van der Waals surface area (Å²) in [4.78, 5) is 0.413. The predicted octanol–water partition coefficient (Wildman–Crippen LogP) is 7.39. The number of halogens is 2. The van der Waals surface area contributed by atoms with Crippen LogP contribution in [0.25, 0.3) is 0 Å². The van der Waals surface area contributed by atoms with Gasteiger partial charge in [0.2, 0.25) is 0 Å². The predicted molar refractivity (Wildman–Crippen MR) is 97.6 cm³/mol. The van der Waals surface area contributed by atoms with Crippen molar-refractivity contribution in [3.8, 4) is 0 Å². The number of hydrogen-bond donors (Lipinski definition) is 0. The molecule has 2 heteroatoms. The monoisotopic (exact) mass is 370 g/mol. The number of alkyl halides is 1. The van der Waals surface area contributed by atoms with E-state index in [4.69, 9.17) is 11.6 Å². The first-order valence-corrected chi connectivity index (χ1v) is 9.73. The van der Waals surface area contributed by atoms with Crippen molar-refractivity contribution in [3.05, 3.63) is 33.8 Å². The standard InChI is InChI=1S/C19H28BrCl/c1-4-5-6-15-7-9-16(10-8-15)19(20)17-11-13(2)14(3)12-18(17)21/h11-12,15-16,19H,4-10H2,1-3H3. The maximum atomic E-state index is 6.48. The van der Waals surface area contributed by atoms with Crippen LogP contribution in [-0.2, 0) is 0 Å². The molecule has 0 radical (unpaired) electrons. The Balaban J connectivity index is 1.99. The fourth-order valence-corrected chi connectivity index (χ4v) is 4.91. The molecule has 0 spiro atoms. The van der Waals surface area contributed by atoms with Crippen molar-refractivity contribution in [1.82, 2.24) is 0 Å². The molecule has 0 aromatic heterocycles. The fourth-order valence-electron chi connectivity index (χ4n) is 3.53. The van der Waals surface area contributed by atoms with E-state index in [1.165, 1.54) is 61.6 Å². The smallest absolute Gasteiger partial charge is 0.0452 e. The van der Waals surface area contributed by atoms with E-state index < -0.39 is 0 Å². The Morgan fingerprint density at radius 2 is 1.76 bits per heavy atom. The topological polar surface area (TPSA) is 0 Å². The number of hydrogen-bond acceptors (Lipinski definition) is 0. The van der Waals surface area contributed by atoms with Gasteiger partial charge in [-0.15, -0.1) is 0 Å². The largest absolute Gasteiger partial charge is 0.0840 e. The molecule has 118 valence electrons. The summed E-state index contributed by atoms with van der Waals surface area (Å²) in [7, 11) is 0. The summed E-state index contributed by atoms with van der Waals surface area (Å²) in [6, 6.07) is 4.40. The number of aryl methyl sites for hydroxylation is 2. The van der Waals surface area contributed by atoms with E-state index in [1.807, 2.05) is 0 Å². The third-order valence-electron chi connectivity index (χ3n) is 5.18. The summed E-state index contributed by atoms with van der Waals surface area (Å²) in [5.41, 5.74) is 3.92. The Kier molecular flexibility index (Phi) is 6.62. The van der Waals surface area contributed by atoms with Crippen molar-refractivity contribution in [2.75, 3.05) is 0 Å². The van der Waals surface area contributed by atoms with E-state index in [-0.39, 0.29) is 0 Å². The van der Waals surface area contributed by atoms with E-state index in [2.05, 4.69) is 48.8 Å². The van der Waals surface area contributed by atoms with Gasteiger partial charge in [-0.3, -0.25) is 0 Å². The third kappa shape index (κ3) is 4.48. The third-order valence-corrected chi connectivity index (χ3v) is 6.75. The average Bonchev–Trinajstić information content (AvgIpc) is 2.48. The molecule has 1 aliphatic rings. The minimum atomic E-state index is 0.413. The first kappa shape index (κ1) is 17.3. The molecule has 0 heterocycles. The van der Waals surface area contributed by atoms with Crippen LogP contribution in [0.4, 0.5) is 0 Å². The van der Waals surface area contributed by atoms with Crippen LogP contribution in [0.1, 0.15) is 73.4 Å². The normalized spacial score (nSPS) is 24.0. The van der Waals surface area contributed by atoms with Crippen LogP contribution in [0, 0.1) is 25.7 Å². The number of benzene rings is 1. The summed E-state index contributed by atoms with van der Waals surface area (Å²) in [5.74, 6) is 1.71. The van der Waals surface area contributed by atoms with Gasteiger partial charge in [0.15, 0.2) is 0 Å². The molecule has 0 amide bonds. The molecule has 21 heavy (non-hydrogen) atoms. The Morgan fingerprint density at radius 1 is 1.14 bits per heavy atom. The number of unbranched alkanes of at least 4 members (excludes halogenated alkanes) is 1. The maximum absolute atomic E-state index is 6.48. The summed E-state index contributed by atoms with van der Waals surface area (Å²) in [6.45, 7) is 6.60. The van der Waals surface area contributed by atoms with Crippen LogP contribution in [-0.4, -0.2) is 0 Å². The molecule has 1 aromatic carbocycles. The van der Waals surface area contributed by atoms with Crippen molar-refractivity contribution in [2.45, 2.75) is 70.5 Å². The number of rotatable bonds is 5. The highest BCUT2D eigenvalue weighted by Crippen LogP contribution is 2.44. The fraction of sp³-hybridized carbons (Fsp3) is 0.684. The molecule has 1 aromatic rings. The van der Waals surface area contributed by atoms with Gasteiger partial charge in [0.05, 0.1) is 0 Å². The highest BCUT2D eigenvalue weighted by Gasteiger charge is 2.28. The van der Waals surface area contributed by atoms with Crippen molar-refractivity contribution in [1.29, 1.82) is 0 Å². The average molecular weight is 372 g/mol. The Morgan fingerprint density at radius 3 is 2.38 bits per heavy atom. The van der Waals surface area contributed by atoms with Gasteiger partial charge < -0.3 is 0 Å². The van der Waals surface area contributed by atoms with Crippen LogP contribution in [0.5, 0.6) is 0 Å².